The van der Waals surface area contributed by atoms with Crippen LogP contribution in [0, 0.1) is 6.92 Å². The Balaban J connectivity index is 1.50. The van der Waals surface area contributed by atoms with E-state index < -0.39 is 0 Å². The quantitative estimate of drug-likeness (QED) is 0.304. The molecule has 1 aliphatic rings. The maximum Gasteiger partial charge on any atom is 0.276 e. The molecule has 1 aliphatic heterocycles. The minimum atomic E-state index is -0.194. The Labute approximate surface area is 197 Å². The Kier molecular flexibility index (Phi) is 5.67. The van der Waals surface area contributed by atoms with E-state index >= 15 is 0 Å². The summed E-state index contributed by atoms with van der Waals surface area (Å²) < 4.78 is 7.75. The first-order valence-corrected chi connectivity index (χ1v) is 12.2. The zero-order chi connectivity index (χ0) is 22.2. The van der Waals surface area contributed by atoms with Gasteiger partial charge in [-0.1, -0.05) is 41.6 Å². The van der Waals surface area contributed by atoms with Gasteiger partial charge in [0.25, 0.3) is 5.56 Å². The number of amides is 1. The average Bonchev–Trinajstić information content (AvgIpc) is 3.27. The Hall–Kier alpha value is -2.81. The van der Waals surface area contributed by atoms with Crippen molar-refractivity contribution in [2.75, 3.05) is 23.8 Å². The summed E-state index contributed by atoms with van der Waals surface area (Å²) in [5.74, 6) is 0.751. The zero-order valence-corrected chi connectivity index (χ0v) is 19.5. The van der Waals surface area contributed by atoms with Gasteiger partial charge in [0.2, 0.25) is 5.91 Å². The number of ether oxygens (including phenoxy) is 1. The zero-order valence-electron chi connectivity index (χ0n) is 17.1. The van der Waals surface area contributed by atoms with Gasteiger partial charge in [0, 0.05) is 0 Å². The van der Waals surface area contributed by atoms with Crippen molar-refractivity contribution in [1.82, 2.24) is 9.55 Å². The number of benzene rings is 2. The van der Waals surface area contributed by atoms with Crippen LogP contribution in [0.25, 0.3) is 15.9 Å². The van der Waals surface area contributed by atoms with Gasteiger partial charge in [0.05, 0.1) is 34.2 Å². The van der Waals surface area contributed by atoms with Crippen LogP contribution in [0.15, 0.2) is 63.9 Å². The highest BCUT2D eigenvalue weighted by atomic mass is 35.5. The highest BCUT2D eigenvalue weighted by Crippen LogP contribution is 2.33. The van der Waals surface area contributed by atoms with Gasteiger partial charge in [-0.05, 0) is 48.2 Å². The first-order chi connectivity index (χ1) is 15.5. The number of rotatable bonds is 4. The number of fused-ring (bicyclic) bond motifs is 2. The summed E-state index contributed by atoms with van der Waals surface area (Å²) in [5.41, 5.74) is 2.79. The topological polar surface area (TPSA) is 64.4 Å². The van der Waals surface area contributed by atoms with Crippen LogP contribution >= 0.6 is 34.7 Å². The summed E-state index contributed by atoms with van der Waals surface area (Å²) in [6.45, 7) is 2.90. The van der Waals surface area contributed by atoms with E-state index in [2.05, 4.69) is 4.98 Å². The van der Waals surface area contributed by atoms with Crippen molar-refractivity contribution in [2.24, 2.45) is 0 Å². The summed E-state index contributed by atoms with van der Waals surface area (Å²) in [4.78, 5) is 32.8. The number of carbonyl (C=O) groups is 1. The van der Waals surface area contributed by atoms with Gasteiger partial charge in [0.1, 0.15) is 17.1 Å². The summed E-state index contributed by atoms with van der Waals surface area (Å²) in [6.07, 6.45) is 0. The summed E-state index contributed by atoms with van der Waals surface area (Å²) >= 11 is 8.97. The van der Waals surface area contributed by atoms with E-state index in [1.54, 1.807) is 17.0 Å². The van der Waals surface area contributed by atoms with Crippen LogP contribution in [0.3, 0.4) is 0 Å². The predicted molar refractivity (Wildman–Crippen MR) is 130 cm³/mol. The number of aryl methyl sites for hydroxylation is 1. The highest BCUT2D eigenvalue weighted by molar-refractivity contribution is 7.99. The monoisotopic (exact) mass is 483 g/mol. The third-order valence-corrected chi connectivity index (χ3v) is 7.28. The molecular formula is C23H18ClN3O3S2. The van der Waals surface area contributed by atoms with E-state index in [9.17, 15) is 9.59 Å². The third kappa shape index (κ3) is 3.79. The van der Waals surface area contributed by atoms with Crippen LogP contribution in [0.1, 0.15) is 5.56 Å². The lowest BCUT2D eigenvalue weighted by molar-refractivity contribution is -0.116. The second-order valence-electron chi connectivity index (χ2n) is 7.28. The van der Waals surface area contributed by atoms with E-state index in [0.717, 1.165) is 11.3 Å². The molecule has 162 valence electrons. The van der Waals surface area contributed by atoms with Gasteiger partial charge in [-0.3, -0.25) is 14.2 Å². The molecule has 4 aromatic rings. The molecule has 0 N–H and O–H groups in total. The van der Waals surface area contributed by atoms with Crippen LogP contribution in [0.4, 0.5) is 5.69 Å². The number of thiophene rings is 1. The molecule has 0 spiro atoms. The van der Waals surface area contributed by atoms with Crippen molar-refractivity contribution < 1.29 is 9.53 Å². The van der Waals surface area contributed by atoms with Gasteiger partial charge >= 0.3 is 0 Å². The number of anilines is 1. The van der Waals surface area contributed by atoms with Crippen LogP contribution in [0.5, 0.6) is 5.75 Å². The molecule has 0 aliphatic carbocycles. The summed E-state index contributed by atoms with van der Waals surface area (Å²) in [5, 5.41) is 2.71. The molecule has 0 saturated carbocycles. The Morgan fingerprint density at radius 3 is 2.91 bits per heavy atom. The van der Waals surface area contributed by atoms with Crippen molar-refractivity contribution in [2.45, 2.75) is 12.1 Å². The fourth-order valence-electron chi connectivity index (χ4n) is 3.63. The van der Waals surface area contributed by atoms with Crippen LogP contribution in [-0.2, 0) is 4.79 Å². The summed E-state index contributed by atoms with van der Waals surface area (Å²) in [7, 11) is 0. The molecule has 0 bridgehead atoms. The van der Waals surface area contributed by atoms with Crippen molar-refractivity contribution >= 4 is 56.5 Å². The van der Waals surface area contributed by atoms with Gasteiger partial charge in [-0.2, -0.15) is 0 Å². The normalized spacial score (nSPS) is 13.1. The smallest absolute Gasteiger partial charge is 0.276 e. The van der Waals surface area contributed by atoms with Crippen molar-refractivity contribution in [3.63, 3.8) is 0 Å². The third-order valence-electron chi connectivity index (χ3n) is 5.15. The number of para-hydroxylation sites is 1. The lowest BCUT2D eigenvalue weighted by Gasteiger charge is -2.29. The molecule has 3 heterocycles. The molecule has 6 nitrogen and oxygen atoms in total. The molecule has 0 radical (unpaired) electrons. The molecular weight excluding hydrogens is 466 g/mol. The number of thioether (sulfide) groups is 1. The minimum Gasteiger partial charge on any atom is -0.490 e. The van der Waals surface area contributed by atoms with Crippen LogP contribution in [-0.4, -0.2) is 34.4 Å². The number of carbonyl (C=O) groups excluding carboxylic acids is 1. The maximum absolute atomic E-state index is 13.3. The number of aromatic nitrogens is 2. The number of hydrogen-bond acceptors (Lipinski definition) is 6. The van der Waals surface area contributed by atoms with Gasteiger partial charge in [0.15, 0.2) is 5.16 Å². The lowest BCUT2D eigenvalue weighted by Crippen LogP contribution is -2.39. The second kappa shape index (κ2) is 8.61. The minimum absolute atomic E-state index is 0.0736. The maximum atomic E-state index is 13.3. The number of halogens is 1. The number of hydrogen-bond donors (Lipinski definition) is 0. The molecule has 5 rings (SSSR count). The van der Waals surface area contributed by atoms with E-state index in [1.807, 2.05) is 48.7 Å². The largest absolute Gasteiger partial charge is 0.490 e. The molecule has 1 amide bonds. The van der Waals surface area contributed by atoms with Gasteiger partial charge in [-0.25, -0.2) is 4.98 Å². The van der Waals surface area contributed by atoms with Crippen molar-refractivity contribution in [1.29, 1.82) is 0 Å². The molecule has 0 unspecified atom stereocenters. The Morgan fingerprint density at radius 1 is 1.22 bits per heavy atom. The molecule has 0 atom stereocenters. The molecule has 2 aromatic carbocycles. The van der Waals surface area contributed by atoms with Crippen molar-refractivity contribution in [3.8, 4) is 11.4 Å². The fraction of sp³-hybridized carbons (Fsp3) is 0.174. The molecule has 0 fully saturated rings. The SMILES string of the molecule is Cc1ccc2c(c1)N(C(=O)CSc1nc3ccsc3c(=O)n1-c1ccccc1Cl)CCO2. The van der Waals surface area contributed by atoms with E-state index in [1.165, 1.54) is 27.7 Å². The Morgan fingerprint density at radius 2 is 2.06 bits per heavy atom. The molecule has 2 aromatic heterocycles. The second-order valence-corrected chi connectivity index (χ2v) is 9.54. The number of nitrogens with zero attached hydrogens (tertiary/aromatic N) is 3. The van der Waals surface area contributed by atoms with Crippen LogP contribution < -0.4 is 15.2 Å². The van der Waals surface area contributed by atoms with E-state index in [-0.39, 0.29) is 17.2 Å². The van der Waals surface area contributed by atoms with Gasteiger partial charge < -0.3 is 9.64 Å². The Bertz CT molecular complexity index is 1400. The first-order valence-electron chi connectivity index (χ1n) is 9.95. The lowest BCUT2D eigenvalue weighted by atomic mass is 10.1. The fourth-order valence-corrected chi connectivity index (χ4v) is 5.49. The summed E-state index contributed by atoms with van der Waals surface area (Å²) in [6, 6.07) is 14.7. The predicted octanol–water partition coefficient (Wildman–Crippen LogP) is 4.93. The van der Waals surface area contributed by atoms with E-state index in [0.29, 0.717) is 45.0 Å². The average molecular weight is 484 g/mol. The molecule has 0 saturated heterocycles. The van der Waals surface area contributed by atoms with Crippen molar-refractivity contribution in [3.05, 3.63) is 74.9 Å². The molecule has 9 heteroatoms. The highest BCUT2D eigenvalue weighted by Gasteiger charge is 2.25. The molecule has 32 heavy (non-hydrogen) atoms. The van der Waals surface area contributed by atoms with Gasteiger partial charge in [-0.15, -0.1) is 11.3 Å². The van der Waals surface area contributed by atoms with Crippen LogP contribution in [0.2, 0.25) is 5.02 Å². The first kappa shape index (κ1) is 21.1. The standard InChI is InChI=1S/C23H18ClN3O3S2/c1-14-6-7-19-18(12-14)26(9-10-30-19)20(28)13-32-23-25-16-8-11-31-21(16)22(29)27(23)17-5-3-2-4-15(17)24/h2-8,11-12H,9-10,13H2,1H3. The van der Waals surface area contributed by atoms with E-state index in [4.69, 9.17) is 16.3 Å².